The lowest BCUT2D eigenvalue weighted by Crippen LogP contribution is -2.46. The van der Waals surface area contributed by atoms with Crippen LogP contribution in [0.2, 0.25) is 0 Å². The molecule has 4 heteroatoms. The average Bonchev–Trinajstić information content (AvgIpc) is 2.68. The largest absolute Gasteiger partial charge is 0.130 e. The summed E-state index contributed by atoms with van der Waals surface area (Å²) in [7, 11) is 0. The molecule has 0 aliphatic heterocycles. The van der Waals surface area contributed by atoms with Crippen molar-refractivity contribution in [3.63, 3.8) is 0 Å². The fourth-order valence-electron chi connectivity index (χ4n) is 5.13. The van der Waals surface area contributed by atoms with Gasteiger partial charge in [0.2, 0.25) is 0 Å². The molecule has 19 heavy (non-hydrogen) atoms. The molecule has 0 amide bonds. The summed E-state index contributed by atoms with van der Waals surface area (Å²) in [5.74, 6) is 4.59. The van der Waals surface area contributed by atoms with Crippen molar-refractivity contribution in [2.75, 3.05) is 0 Å². The van der Waals surface area contributed by atoms with E-state index >= 15 is 0 Å². The molecular formula is C15H17Br2ClS. The number of halogens is 3. The first-order chi connectivity index (χ1) is 9.11. The molecule has 1 aromatic rings. The summed E-state index contributed by atoms with van der Waals surface area (Å²) in [5.41, 5.74) is 0. The van der Waals surface area contributed by atoms with Gasteiger partial charge in [-0.25, -0.2) is 0 Å². The number of hydrogen-bond acceptors (Lipinski definition) is 1. The first-order valence-electron chi connectivity index (χ1n) is 7.20. The molecule has 0 aromatic carbocycles. The number of alkyl halides is 1. The maximum Gasteiger partial charge on any atom is 0.0843 e. The normalized spacial score (nSPS) is 41.7. The first kappa shape index (κ1) is 13.6. The van der Waals surface area contributed by atoms with Crippen LogP contribution in [-0.2, 0) is 0 Å². The van der Waals surface area contributed by atoms with Crippen molar-refractivity contribution in [1.29, 1.82) is 0 Å². The predicted octanol–water partition coefficient (Wildman–Crippen LogP) is 6.63. The molecule has 1 heterocycles. The molecule has 0 saturated heterocycles. The average molecular weight is 425 g/mol. The fourth-order valence-corrected chi connectivity index (χ4v) is 7.87. The van der Waals surface area contributed by atoms with Crippen LogP contribution in [0.4, 0.5) is 0 Å². The minimum atomic E-state index is 0.225. The van der Waals surface area contributed by atoms with Crippen LogP contribution in [-0.4, -0.2) is 0 Å². The molecule has 4 aliphatic rings. The third kappa shape index (κ3) is 2.27. The van der Waals surface area contributed by atoms with Crippen molar-refractivity contribution in [2.24, 2.45) is 29.6 Å². The third-order valence-electron chi connectivity index (χ3n) is 5.57. The molecule has 0 nitrogen and oxygen atoms in total. The lowest BCUT2D eigenvalue weighted by atomic mass is 9.51. The molecule has 0 radical (unpaired) electrons. The quantitative estimate of drug-likeness (QED) is 0.468. The molecule has 4 bridgehead atoms. The SMILES string of the molecule is ClC(c1cc(Br)c(Br)s1)C1C2CC3CC(C2)CC1C3. The Labute approximate surface area is 140 Å². The van der Waals surface area contributed by atoms with Gasteiger partial charge in [-0.05, 0) is 99.6 Å². The van der Waals surface area contributed by atoms with E-state index in [0.29, 0.717) is 0 Å². The molecule has 4 aliphatic carbocycles. The Morgan fingerprint density at radius 3 is 2.11 bits per heavy atom. The molecule has 0 N–H and O–H groups in total. The summed E-state index contributed by atoms with van der Waals surface area (Å²) in [4.78, 5) is 1.35. The van der Waals surface area contributed by atoms with E-state index in [2.05, 4.69) is 37.9 Å². The van der Waals surface area contributed by atoms with Crippen LogP contribution in [0.1, 0.15) is 42.4 Å². The van der Waals surface area contributed by atoms with Crippen LogP contribution in [0.3, 0.4) is 0 Å². The highest BCUT2D eigenvalue weighted by molar-refractivity contribution is 9.13. The molecule has 4 saturated carbocycles. The number of thiophene rings is 1. The Hall–Kier alpha value is 0.950. The molecule has 5 rings (SSSR count). The summed E-state index contributed by atoms with van der Waals surface area (Å²) in [6, 6.07) is 2.22. The molecular weight excluding hydrogens is 407 g/mol. The van der Waals surface area contributed by atoms with Gasteiger partial charge in [0.05, 0.1) is 9.16 Å². The van der Waals surface area contributed by atoms with Crippen molar-refractivity contribution < 1.29 is 0 Å². The van der Waals surface area contributed by atoms with E-state index in [1.165, 1.54) is 40.8 Å². The Morgan fingerprint density at radius 1 is 1.05 bits per heavy atom. The van der Waals surface area contributed by atoms with Gasteiger partial charge in [0.25, 0.3) is 0 Å². The van der Waals surface area contributed by atoms with E-state index in [0.717, 1.165) is 34.1 Å². The van der Waals surface area contributed by atoms with Gasteiger partial charge >= 0.3 is 0 Å². The lowest BCUT2D eigenvalue weighted by molar-refractivity contribution is -0.0378. The zero-order chi connectivity index (χ0) is 13.1. The van der Waals surface area contributed by atoms with Gasteiger partial charge < -0.3 is 0 Å². The number of rotatable bonds is 2. The monoisotopic (exact) mass is 422 g/mol. The van der Waals surface area contributed by atoms with E-state index in [-0.39, 0.29) is 5.38 Å². The molecule has 1 aromatic heterocycles. The summed E-state index contributed by atoms with van der Waals surface area (Å²) in [6.45, 7) is 0. The molecule has 104 valence electrons. The van der Waals surface area contributed by atoms with Crippen LogP contribution in [0.5, 0.6) is 0 Å². The van der Waals surface area contributed by atoms with E-state index in [9.17, 15) is 0 Å². The van der Waals surface area contributed by atoms with Gasteiger partial charge in [-0.1, -0.05) is 0 Å². The zero-order valence-corrected chi connectivity index (χ0v) is 15.4. The molecule has 1 unspecified atom stereocenters. The van der Waals surface area contributed by atoms with Crippen LogP contribution in [0.15, 0.2) is 14.3 Å². The Kier molecular flexibility index (Phi) is 3.58. The maximum atomic E-state index is 6.90. The van der Waals surface area contributed by atoms with Crippen molar-refractivity contribution in [3.05, 3.63) is 19.2 Å². The fraction of sp³-hybridized carbons (Fsp3) is 0.733. The molecule has 1 atom stereocenters. The van der Waals surface area contributed by atoms with E-state index in [1.54, 1.807) is 11.3 Å². The second kappa shape index (κ2) is 5.00. The summed E-state index contributed by atoms with van der Waals surface area (Å²) in [6.07, 6.45) is 7.33. The minimum Gasteiger partial charge on any atom is -0.130 e. The predicted molar refractivity (Wildman–Crippen MR) is 88.8 cm³/mol. The highest BCUT2D eigenvalue weighted by atomic mass is 79.9. The maximum absolute atomic E-state index is 6.90. The summed E-state index contributed by atoms with van der Waals surface area (Å²) >= 11 is 15.9. The third-order valence-corrected chi connectivity index (χ3v) is 9.57. The van der Waals surface area contributed by atoms with Crippen LogP contribution >= 0.6 is 54.8 Å². The first-order valence-corrected chi connectivity index (χ1v) is 10.0. The zero-order valence-electron chi connectivity index (χ0n) is 10.6. The highest BCUT2D eigenvalue weighted by Crippen LogP contribution is 2.61. The van der Waals surface area contributed by atoms with Crippen molar-refractivity contribution in [3.8, 4) is 0 Å². The summed E-state index contributed by atoms with van der Waals surface area (Å²) in [5, 5.41) is 0.225. The van der Waals surface area contributed by atoms with Gasteiger partial charge in [-0.3, -0.25) is 0 Å². The Bertz CT molecular complexity index is 451. The smallest absolute Gasteiger partial charge is 0.0843 e. The van der Waals surface area contributed by atoms with Gasteiger partial charge in [0.15, 0.2) is 0 Å². The van der Waals surface area contributed by atoms with Gasteiger partial charge in [0, 0.05) is 9.35 Å². The Balaban J connectivity index is 1.61. The standard InChI is InChI=1S/C15H17Br2ClS/c16-11-6-12(19-15(11)17)14(18)13-9-2-7-1-8(4-9)5-10(13)3-7/h6-10,13-14H,1-5H2. The van der Waals surface area contributed by atoms with E-state index < -0.39 is 0 Å². The van der Waals surface area contributed by atoms with Crippen LogP contribution in [0, 0.1) is 29.6 Å². The molecule has 4 fully saturated rings. The Morgan fingerprint density at radius 2 is 1.63 bits per heavy atom. The number of hydrogen-bond donors (Lipinski definition) is 0. The topological polar surface area (TPSA) is 0 Å². The minimum absolute atomic E-state index is 0.225. The molecule has 0 spiro atoms. The second-order valence-electron chi connectivity index (χ2n) is 6.68. The van der Waals surface area contributed by atoms with Crippen molar-refractivity contribution >= 4 is 54.8 Å². The van der Waals surface area contributed by atoms with Crippen LogP contribution < -0.4 is 0 Å². The van der Waals surface area contributed by atoms with E-state index in [1.807, 2.05) is 0 Å². The van der Waals surface area contributed by atoms with Crippen molar-refractivity contribution in [1.82, 2.24) is 0 Å². The lowest BCUT2D eigenvalue weighted by Gasteiger charge is -2.55. The van der Waals surface area contributed by atoms with E-state index in [4.69, 9.17) is 11.6 Å². The van der Waals surface area contributed by atoms with Gasteiger partial charge in [-0.2, -0.15) is 0 Å². The van der Waals surface area contributed by atoms with Gasteiger partial charge in [-0.15, -0.1) is 22.9 Å². The van der Waals surface area contributed by atoms with Gasteiger partial charge in [0.1, 0.15) is 0 Å². The van der Waals surface area contributed by atoms with Crippen molar-refractivity contribution in [2.45, 2.75) is 37.5 Å². The second-order valence-corrected chi connectivity index (χ2v) is 10.4. The van der Waals surface area contributed by atoms with Crippen LogP contribution in [0.25, 0.3) is 0 Å². The summed E-state index contributed by atoms with van der Waals surface area (Å²) < 4.78 is 2.33. The highest BCUT2D eigenvalue weighted by Gasteiger charge is 2.50.